The van der Waals surface area contributed by atoms with E-state index in [1.165, 1.54) is 0 Å². The van der Waals surface area contributed by atoms with Gasteiger partial charge in [-0.2, -0.15) is 0 Å². The lowest BCUT2D eigenvalue weighted by atomic mass is 10.0. The topological polar surface area (TPSA) is 42.0 Å². The Morgan fingerprint density at radius 2 is 1.88 bits per heavy atom. The fourth-order valence-electron chi connectivity index (χ4n) is 2.59. The fourth-order valence-corrected chi connectivity index (χ4v) is 3.18. The van der Waals surface area contributed by atoms with E-state index in [4.69, 9.17) is 0 Å². The van der Waals surface area contributed by atoms with E-state index in [0.717, 1.165) is 32.3 Å². The molecule has 1 aromatic heterocycles. The normalized spacial score (nSPS) is 11.0. The molecule has 1 heterocycles. The van der Waals surface area contributed by atoms with Crippen LogP contribution in [0.15, 0.2) is 53.0 Å². The van der Waals surface area contributed by atoms with Gasteiger partial charge in [-0.25, -0.2) is 0 Å². The van der Waals surface area contributed by atoms with E-state index in [1.54, 1.807) is 0 Å². The van der Waals surface area contributed by atoms with Crippen LogP contribution >= 0.6 is 15.9 Å². The Bertz CT molecular complexity index is 919. The maximum atomic E-state index is 12.9. The number of aryl methyl sites for hydroxylation is 1. The van der Waals surface area contributed by atoms with Gasteiger partial charge in [0.2, 0.25) is 0 Å². The minimum absolute atomic E-state index is 0.125. The molecule has 0 aliphatic carbocycles. The summed E-state index contributed by atoms with van der Waals surface area (Å²) in [5.41, 5.74) is 4.31. The molecule has 1 N–H and O–H groups in total. The number of anilines is 1. The summed E-state index contributed by atoms with van der Waals surface area (Å²) in [6.45, 7) is 6.17. The Morgan fingerprint density at radius 3 is 2.58 bits per heavy atom. The highest BCUT2D eigenvalue weighted by Crippen LogP contribution is 2.26. The number of pyridine rings is 1. The summed E-state index contributed by atoms with van der Waals surface area (Å²) < 4.78 is 0.873. The molecule has 3 nitrogen and oxygen atoms in total. The average Bonchev–Trinajstić information content (AvgIpc) is 2.56. The summed E-state index contributed by atoms with van der Waals surface area (Å²) in [6, 6.07) is 15.5. The Hall–Kier alpha value is -2.20. The third kappa shape index (κ3) is 3.34. The molecule has 0 atom stereocenters. The summed E-state index contributed by atoms with van der Waals surface area (Å²) in [5, 5.41) is 3.86. The van der Waals surface area contributed by atoms with Gasteiger partial charge in [0.1, 0.15) is 0 Å². The van der Waals surface area contributed by atoms with Gasteiger partial charge in [0.15, 0.2) is 0 Å². The summed E-state index contributed by atoms with van der Waals surface area (Å²) in [4.78, 5) is 17.5. The van der Waals surface area contributed by atoms with E-state index in [-0.39, 0.29) is 11.8 Å². The lowest BCUT2D eigenvalue weighted by Gasteiger charge is -2.13. The first-order valence-corrected chi connectivity index (χ1v) is 8.72. The molecular weight excluding hydrogens is 364 g/mol. The highest BCUT2D eigenvalue weighted by molar-refractivity contribution is 9.10. The maximum absolute atomic E-state index is 12.9. The van der Waals surface area contributed by atoms with E-state index < -0.39 is 0 Å². The Labute approximate surface area is 150 Å². The SMILES string of the molecule is Cc1ccc(NC(=O)c2cc(C(C)C)nc3ccccc23)c(Br)c1. The van der Waals surface area contributed by atoms with Crippen LogP contribution in [0.25, 0.3) is 10.9 Å². The number of carbonyl (C=O) groups excluding carboxylic acids is 1. The van der Waals surface area contributed by atoms with Crippen molar-refractivity contribution in [2.75, 3.05) is 5.32 Å². The second-order valence-electron chi connectivity index (χ2n) is 6.20. The second-order valence-corrected chi connectivity index (χ2v) is 7.06. The van der Waals surface area contributed by atoms with Gasteiger partial charge >= 0.3 is 0 Å². The van der Waals surface area contributed by atoms with E-state index >= 15 is 0 Å². The highest BCUT2D eigenvalue weighted by atomic mass is 79.9. The second kappa shape index (κ2) is 6.73. The summed E-state index contributed by atoms with van der Waals surface area (Å²) in [6.07, 6.45) is 0. The average molecular weight is 383 g/mol. The number of benzene rings is 2. The third-order valence-corrected chi connectivity index (χ3v) is 4.60. The van der Waals surface area contributed by atoms with Gasteiger partial charge in [0, 0.05) is 15.6 Å². The van der Waals surface area contributed by atoms with Crippen molar-refractivity contribution in [1.29, 1.82) is 0 Å². The molecule has 122 valence electrons. The van der Waals surface area contributed by atoms with Crippen molar-refractivity contribution in [3.05, 3.63) is 69.8 Å². The first kappa shape index (κ1) is 16.7. The molecule has 0 fully saturated rings. The quantitative estimate of drug-likeness (QED) is 0.632. The Morgan fingerprint density at radius 1 is 1.12 bits per heavy atom. The van der Waals surface area contributed by atoms with Gasteiger partial charge in [-0.05, 0) is 58.6 Å². The van der Waals surface area contributed by atoms with E-state index in [9.17, 15) is 4.79 Å². The molecule has 24 heavy (non-hydrogen) atoms. The summed E-state index contributed by atoms with van der Waals surface area (Å²) in [5.74, 6) is 0.132. The predicted octanol–water partition coefficient (Wildman–Crippen LogP) is 5.68. The molecule has 2 aromatic carbocycles. The maximum Gasteiger partial charge on any atom is 0.256 e. The molecule has 0 saturated carbocycles. The lowest BCUT2D eigenvalue weighted by molar-refractivity contribution is 0.102. The number of hydrogen-bond acceptors (Lipinski definition) is 2. The van der Waals surface area contributed by atoms with Gasteiger partial charge in [0.05, 0.1) is 16.8 Å². The van der Waals surface area contributed by atoms with Gasteiger partial charge in [-0.1, -0.05) is 38.1 Å². The van der Waals surface area contributed by atoms with Crippen molar-refractivity contribution < 1.29 is 4.79 Å². The van der Waals surface area contributed by atoms with E-state index in [1.807, 2.05) is 55.5 Å². The zero-order valence-electron chi connectivity index (χ0n) is 13.9. The number of amides is 1. The first-order chi connectivity index (χ1) is 11.5. The van der Waals surface area contributed by atoms with Crippen molar-refractivity contribution in [2.45, 2.75) is 26.7 Å². The van der Waals surface area contributed by atoms with Crippen LogP contribution in [0.3, 0.4) is 0 Å². The number of halogens is 1. The lowest BCUT2D eigenvalue weighted by Crippen LogP contribution is -2.14. The molecule has 0 radical (unpaired) electrons. The number of fused-ring (bicyclic) bond motifs is 1. The molecule has 3 rings (SSSR count). The molecule has 0 aliphatic rings. The van der Waals surface area contributed by atoms with Crippen molar-refractivity contribution in [3.8, 4) is 0 Å². The first-order valence-electron chi connectivity index (χ1n) is 7.93. The smallest absolute Gasteiger partial charge is 0.256 e. The van der Waals surface area contributed by atoms with Crippen LogP contribution in [0.1, 0.15) is 41.4 Å². The van der Waals surface area contributed by atoms with Gasteiger partial charge in [-0.3, -0.25) is 9.78 Å². The number of hydrogen-bond donors (Lipinski definition) is 1. The standard InChI is InChI=1S/C20H19BrN2O/c1-12(2)19-11-15(14-6-4-5-7-17(14)22-19)20(24)23-18-9-8-13(3)10-16(18)21/h4-12H,1-3H3,(H,23,24). The molecule has 4 heteroatoms. The van der Waals surface area contributed by atoms with Crippen LogP contribution in [0.2, 0.25) is 0 Å². The number of rotatable bonds is 3. The number of para-hydroxylation sites is 1. The number of aromatic nitrogens is 1. The van der Waals surface area contributed by atoms with Gasteiger partial charge < -0.3 is 5.32 Å². The van der Waals surface area contributed by atoms with Crippen LogP contribution in [0.5, 0.6) is 0 Å². The fraction of sp³-hybridized carbons (Fsp3) is 0.200. The number of nitrogens with one attached hydrogen (secondary N) is 1. The van der Waals surface area contributed by atoms with Crippen LogP contribution in [-0.2, 0) is 0 Å². The molecule has 3 aromatic rings. The van der Waals surface area contributed by atoms with Crippen molar-refractivity contribution in [2.24, 2.45) is 0 Å². The molecule has 1 amide bonds. The molecule has 0 unspecified atom stereocenters. The minimum atomic E-state index is -0.125. The third-order valence-electron chi connectivity index (χ3n) is 3.94. The van der Waals surface area contributed by atoms with Crippen molar-refractivity contribution in [1.82, 2.24) is 4.98 Å². The molecule has 0 aliphatic heterocycles. The zero-order chi connectivity index (χ0) is 17.3. The highest BCUT2D eigenvalue weighted by Gasteiger charge is 2.15. The van der Waals surface area contributed by atoms with Crippen LogP contribution in [0.4, 0.5) is 5.69 Å². The van der Waals surface area contributed by atoms with Crippen LogP contribution in [0, 0.1) is 6.92 Å². The monoisotopic (exact) mass is 382 g/mol. The molecule has 0 bridgehead atoms. The number of nitrogens with zero attached hydrogens (tertiary/aromatic N) is 1. The largest absolute Gasteiger partial charge is 0.321 e. The predicted molar refractivity (Wildman–Crippen MR) is 103 cm³/mol. The van der Waals surface area contributed by atoms with Crippen molar-refractivity contribution >= 4 is 38.4 Å². The van der Waals surface area contributed by atoms with Gasteiger partial charge in [0.25, 0.3) is 5.91 Å². The summed E-state index contributed by atoms with van der Waals surface area (Å²) in [7, 11) is 0. The molecule has 0 spiro atoms. The Balaban J connectivity index is 2.05. The van der Waals surface area contributed by atoms with Crippen LogP contribution < -0.4 is 5.32 Å². The van der Waals surface area contributed by atoms with Crippen molar-refractivity contribution in [3.63, 3.8) is 0 Å². The minimum Gasteiger partial charge on any atom is -0.321 e. The Kier molecular flexibility index (Phi) is 4.67. The van der Waals surface area contributed by atoms with E-state index in [2.05, 4.69) is 40.1 Å². The zero-order valence-corrected chi connectivity index (χ0v) is 15.5. The van der Waals surface area contributed by atoms with Gasteiger partial charge in [-0.15, -0.1) is 0 Å². The van der Waals surface area contributed by atoms with E-state index in [0.29, 0.717) is 5.56 Å². The number of carbonyl (C=O) groups is 1. The molecular formula is C20H19BrN2O. The van der Waals surface area contributed by atoms with Crippen LogP contribution in [-0.4, -0.2) is 10.9 Å². The molecule has 0 saturated heterocycles. The summed E-state index contributed by atoms with van der Waals surface area (Å²) >= 11 is 3.51.